The first kappa shape index (κ1) is 31.3. The van der Waals surface area contributed by atoms with E-state index in [0.717, 1.165) is 37.1 Å². The van der Waals surface area contributed by atoms with Crippen molar-refractivity contribution in [2.45, 2.75) is 90.3 Å². The summed E-state index contributed by atoms with van der Waals surface area (Å²) in [4.78, 5) is 8.12. The summed E-state index contributed by atoms with van der Waals surface area (Å²) in [6.45, 7) is 10.0. The minimum absolute atomic E-state index is 0.252. The van der Waals surface area contributed by atoms with Gasteiger partial charge in [-0.2, -0.15) is 10.5 Å². The molecule has 8 nitrogen and oxygen atoms in total. The molecule has 4 rings (SSSR count). The number of anilines is 2. The van der Waals surface area contributed by atoms with Gasteiger partial charge < -0.3 is 20.9 Å². The lowest BCUT2D eigenvalue weighted by molar-refractivity contribution is -0.0402. The van der Waals surface area contributed by atoms with Crippen LogP contribution >= 0.6 is 0 Å². The Hall–Kier alpha value is -3.20. The van der Waals surface area contributed by atoms with Gasteiger partial charge in [0.05, 0.1) is 74.2 Å². The van der Waals surface area contributed by atoms with E-state index in [1.165, 1.54) is 11.1 Å². The van der Waals surface area contributed by atoms with Gasteiger partial charge in [0.1, 0.15) is 0 Å². The third-order valence-corrected chi connectivity index (χ3v) is 8.57. The molecule has 2 saturated carbocycles. The lowest BCUT2D eigenvalue weighted by Gasteiger charge is -2.39. The molecule has 216 valence electrons. The van der Waals surface area contributed by atoms with Gasteiger partial charge in [0.2, 0.25) is 0 Å². The van der Waals surface area contributed by atoms with E-state index in [-0.39, 0.29) is 12.2 Å². The molecule has 8 atom stereocenters. The molecule has 0 amide bonds. The van der Waals surface area contributed by atoms with Gasteiger partial charge in [-0.1, -0.05) is 27.7 Å². The number of aromatic nitrogens is 2. The summed E-state index contributed by atoms with van der Waals surface area (Å²) in [5, 5.41) is 17.2. The van der Waals surface area contributed by atoms with Crippen molar-refractivity contribution in [3.8, 4) is 12.1 Å². The quantitative estimate of drug-likeness (QED) is 0.371. The molecular weight excluding hydrogens is 500 g/mol. The first-order chi connectivity index (χ1) is 19.3. The van der Waals surface area contributed by atoms with E-state index in [1.54, 1.807) is 12.4 Å². The number of nitrogens with zero attached hydrogens (tertiary/aromatic N) is 4. The highest BCUT2D eigenvalue weighted by Crippen LogP contribution is 2.43. The number of pyridine rings is 2. The average Bonchev–Trinajstić information content (AvgIpc) is 2.92. The van der Waals surface area contributed by atoms with Crippen molar-refractivity contribution in [1.29, 1.82) is 10.5 Å². The molecule has 2 heterocycles. The first-order valence-electron chi connectivity index (χ1n) is 14.6. The normalized spacial score (nSPS) is 29.9. The molecule has 4 N–H and O–H groups in total. The molecule has 8 heteroatoms. The minimum Gasteiger partial charge on any atom is -0.397 e. The van der Waals surface area contributed by atoms with Crippen molar-refractivity contribution in [3.05, 3.63) is 48.0 Å². The second-order valence-corrected chi connectivity index (χ2v) is 11.7. The number of rotatable bonds is 8. The molecule has 0 radical (unpaired) electrons. The van der Waals surface area contributed by atoms with Crippen LogP contribution in [0.2, 0.25) is 0 Å². The average molecular weight is 547 g/mol. The SMILES string of the molecule is C[C@@H]1CC(c2ccncc2N)C[C@H](C)C1OCCC#N.C[C@@H]1CC(c2ccncc2N)C[C@H](C)C1OCCC#N. The van der Waals surface area contributed by atoms with Crippen LogP contribution in [0.5, 0.6) is 0 Å². The van der Waals surface area contributed by atoms with Crippen LogP contribution in [0.15, 0.2) is 36.9 Å². The van der Waals surface area contributed by atoms with Gasteiger partial charge in [-0.25, -0.2) is 0 Å². The largest absolute Gasteiger partial charge is 0.397 e. The molecular formula is C32H46N6O2. The maximum absolute atomic E-state index is 8.60. The molecule has 2 aliphatic rings. The van der Waals surface area contributed by atoms with Crippen LogP contribution in [0.25, 0.3) is 0 Å². The Morgan fingerprint density at radius 3 is 1.35 bits per heavy atom. The van der Waals surface area contributed by atoms with Gasteiger partial charge in [0.15, 0.2) is 0 Å². The molecule has 0 spiro atoms. The highest BCUT2D eigenvalue weighted by molar-refractivity contribution is 5.47. The van der Waals surface area contributed by atoms with Gasteiger partial charge in [0, 0.05) is 12.4 Å². The van der Waals surface area contributed by atoms with Crippen LogP contribution in [0.1, 0.15) is 89.2 Å². The van der Waals surface area contributed by atoms with Crippen LogP contribution < -0.4 is 11.5 Å². The summed E-state index contributed by atoms with van der Waals surface area (Å²) >= 11 is 0. The van der Waals surface area contributed by atoms with Crippen LogP contribution in [0.4, 0.5) is 11.4 Å². The van der Waals surface area contributed by atoms with E-state index in [0.29, 0.717) is 61.6 Å². The van der Waals surface area contributed by atoms with E-state index in [4.69, 9.17) is 31.5 Å². The fourth-order valence-electron chi connectivity index (χ4n) is 6.87. The number of nitrogen functional groups attached to an aromatic ring is 2. The Morgan fingerprint density at radius 1 is 0.700 bits per heavy atom. The molecule has 0 aromatic carbocycles. The summed E-state index contributed by atoms with van der Waals surface area (Å²) in [5.74, 6) is 2.90. The summed E-state index contributed by atoms with van der Waals surface area (Å²) in [7, 11) is 0. The number of hydrogen-bond acceptors (Lipinski definition) is 8. The van der Waals surface area contributed by atoms with Crippen molar-refractivity contribution < 1.29 is 9.47 Å². The highest BCUT2D eigenvalue weighted by atomic mass is 16.5. The molecule has 2 aromatic rings. The molecule has 40 heavy (non-hydrogen) atoms. The minimum atomic E-state index is 0.252. The van der Waals surface area contributed by atoms with Crippen molar-refractivity contribution >= 4 is 11.4 Å². The smallest absolute Gasteiger partial charge is 0.0645 e. The second-order valence-electron chi connectivity index (χ2n) is 11.7. The Balaban J connectivity index is 0.000000220. The van der Waals surface area contributed by atoms with E-state index >= 15 is 0 Å². The Bertz CT molecular complexity index is 1030. The summed E-state index contributed by atoms with van der Waals surface area (Å²) < 4.78 is 11.8. The molecule has 0 bridgehead atoms. The standard InChI is InChI=1S/2C16H23N3O/c2*1-11-8-13(14-4-6-19-10-15(14)18)9-12(2)16(11)20-7-3-5-17/h2*4,6,10-13,16H,3,7-9,18H2,1-2H3/t2*11-,12+,13?,16?. The fraction of sp³-hybridized carbons (Fsp3) is 0.625. The number of nitriles is 2. The molecule has 2 fully saturated rings. The van der Waals surface area contributed by atoms with Crippen LogP contribution in [0, 0.1) is 46.3 Å². The zero-order valence-corrected chi connectivity index (χ0v) is 24.5. The lowest BCUT2D eigenvalue weighted by atomic mass is 9.72. The Kier molecular flexibility index (Phi) is 12.2. The molecule has 2 aromatic heterocycles. The van der Waals surface area contributed by atoms with Crippen molar-refractivity contribution in [1.82, 2.24) is 9.97 Å². The number of nitrogens with two attached hydrogens (primary N) is 2. The lowest BCUT2D eigenvalue weighted by Crippen LogP contribution is -2.36. The maximum atomic E-state index is 8.60. The second kappa shape index (κ2) is 15.6. The monoisotopic (exact) mass is 546 g/mol. The van der Waals surface area contributed by atoms with E-state index in [1.807, 2.05) is 24.5 Å². The van der Waals surface area contributed by atoms with Crippen molar-refractivity contribution in [3.63, 3.8) is 0 Å². The Labute approximate surface area is 240 Å². The van der Waals surface area contributed by atoms with E-state index in [9.17, 15) is 0 Å². The van der Waals surface area contributed by atoms with Gasteiger partial charge in [-0.3, -0.25) is 9.97 Å². The predicted octanol–water partition coefficient (Wildman–Crippen LogP) is 6.22. The zero-order valence-electron chi connectivity index (χ0n) is 24.5. The summed E-state index contributed by atoms with van der Waals surface area (Å²) in [5.41, 5.74) is 16.1. The topological polar surface area (TPSA) is 144 Å². The van der Waals surface area contributed by atoms with Gasteiger partial charge in [-0.05, 0) is 84.5 Å². The van der Waals surface area contributed by atoms with Crippen LogP contribution in [-0.2, 0) is 9.47 Å². The van der Waals surface area contributed by atoms with Crippen molar-refractivity contribution in [2.75, 3.05) is 24.7 Å². The van der Waals surface area contributed by atoms with Crippen LogP contribution in [0.3, 0.4) is 0 Å². The van der Waals surface area contributed by atoms with Gasteiger partial charge in [-0.15, -0.1) is 0 Å². The fourth-order valence-corrected chi connectivity index (χ4v) is 6.87. The zero-order chi connectivity index (χ0) is 29.1. The third-order valence-electron chi connectivity index (χ3n) is 8.57. The first-order valence-corrected chi connectivity index (χ1v) is 14.6. The van der Waals surface area contributed by atoms with Gasteiger partial charge >= 0.3 is 0 Å². The van der Waals surface area contributed by atoms with E-state index < -0.39 is 0 Å². The molecule has 2 aliphatic carbocycles. The number of hydrogen-bond donors (Lipinski definition) is 2. The molecule has 0 saturated heterocycles. The third kappa shape index (κ3) is 8.40. The van der Waals surface area contributed by atoms with E-state index in [2.05, 4.69) is 49.8 Å². The van der Waals surface area contributed by atoms with Crippen LogP contribution in [-0.4, -0.2) is 35.4 Å². The summed E-state index contributed by atoms with van der Waals surface area (Å²) in [6, 6.07) is 8.34. The predicted molar refractivity (Wildman–Crippen MR) is 158 cm³/mol. The van der Waals surface area contributed by atoms with Gasteiger partial charge in [0.25, 0.3) is 0 Å². The Morgan fingerprint density at radius 2 is 1.05 bits per heavy atom. The maximum Gasteiger partial charge on any atom is 0.0645 e. The number of ether oxygens (including phenoxy) is 2. The van der Waals surface area contributed by atoms with Crippen molar-refractivity contribution in [2.24, 2.45) is 23.7 Å². The molecule has 4 unspecified atom stereocenters. The summed E-state index contributed by atoms with van der Waals surface area (Å²) in [6.07, 6.45) is 12.9. The molecule has 0 aliphatic heterocycles. The highest BCUT2D eigenvalue weighted by Gasteiger charge is 2.36.